The molecule has 0 fully saturated rings. The van der Waals surface area contributed by atoms with Crippen LogP contribution in [0.2, 0.25) is 0 Å². The van der Waals surface area contributed by atoms with E-state index in [1.807, 2.05) is 13.0 Å². The van der Waals surface area contributed by atoms with Gasteiger partial charge in [-0.25, -0.2) is 0 Å². The Hall–Kier alpha value is -1.13. The topological polar surface area (TPSA) is 48.0 Å². The van der Waals surface area contributed by atoms with Crippen molar-refractivity contribution in [1.82, 2.24) is 4.57 Å². The summed E-state index contributed by atoms with van der Waals surface area (Å²) < 4.78 is 2.80. The molecule has 0 aliphatic rings. The zero-order chi connectivity index (χ0) is 10.3. The van der Waals surface area contributed by atoms with E-state index in [2.05, 4.69) is 0 Å². The van der Waals surface area contributed by atoms with E-state index in [4.69, 9.17) is 5.73 Å². The molecular formula is C10H12N2OS. The van der Waals surface area contributed by atoms with Crippen molar-refractivity contribution in [1.29, 1.82) is 0 Å². The summed E-state index contributed by atoms with van der Waals surface area (Å²) in [4.78, 5) is 12.7. The maximum absolute atomic E-state index is 11.5. The van der Waals surface area contributed by atoms with Crippen LogP contribution in [0.3, 0.4) is 0 Å². The lowest BCUT2D eigenvalue weighted by atomic mass is 10.2. The minimum Gasteiger partial charge on any atom is -0.326 e. The molecule has 0 amide bonds. The summed E-state index contributed by atoms with van der Waals surface area (Å²) in [5.74, 6) is 0. The molecular weight excluding hydrogens is 196 g/mol. The van der Waals surface area contributed by atoms with Crippen molar-refractivity contribution >= 4 is 21.6 Å². The summed E-state index contributed by atoms with van der Waals surface area (Å²) in [6.07, 6.45) is 0. The average Bonchev–Trinajstić information content (AvgIpc) is 2.54. The smallest absolute Gasteiger partial charge is 0.251 e. The van der Waals surface area contributed by atoms with E-state index < -0.39 is 0 Å². The predicted octanol–water partition coefficient (Wildman–Crippen LogP) is 1.37. The lowest BCUT2D eigenvalue weighted by molar-refractivity contribution is 0.898. The quantitative estimate of drug-likeness (QED) is 0.769. The van der Waals surface area contributed by atoms with Gasteiger partial charge in [0, 0.05) is 24.5 Å². The van der Waals surface area contributed by atoms with E-state index in [1.54, 1.807) is 29.0 Å². The first kappa shape index (κ1) is 9.43. The number of nitrogens with two attached hydrogens (primary N) is 1. The molecule has 0 saturated heterocycles. The Labute approximate surface area is 85.8 Å². The summed E-state index contributed by atoms with van der Waals surface area (Å²) in [7, 11) is 1.79. The highest BCUT2D eigenvalue weighted by molar-refractivity contribution is 7.19. The molecule has 14 heavy (non-hydrogen) atoms. The zero-order valence-corrected chi connectivity index (χ0v) is 9.02. The predicted molar refractivity (Wildman–Crippen MR) is 59.7 cm³/mol. The molecule has 0 saturated carbocycles. The van der Waals surface area contributed by atoms with Crippen molar-refractivity contribution in [3.63, 3.8) is 0 Å². The molecule has 2 N–H and O–H groups in total. The van der Waals surface area contributed by atoms with Crippen LogP contribution >= 0.6 is 11.3 Å². The van der Waals surface area contributed by atoms with E-state index in [-0.39, 0.29) is 5.56 Å². The van der Waals surface area contributed by atoms with Crippen LogP contribution in [0.5, 0.6) is 0 Å². The highest BCUT2D eigenvalue weighted by Gasteiger charge is 2.07. The standard InChI is InChI=1S/C10H12N2OS/c1-6-3-8-10(14-6)7(5-11)4-9(13)12(8)2/h3-4H,5,11H2,1-2H3. The molecule has 0 spiro atoms. The van der Waals surface area contributed by atoms with Gasteiger partial charge in [0.2, 0.25) is 0 Å². The Morgan fingerprint density at radius 3 is 2.86 bits per heavy atom. The van der Waals surface area contributed by atoms with Crippen LogP contribution in [-0.2, 0) is 13.6 Å². The van der Waals surface area contributed by atoms with Crippen LogP contribution < -0.4 is 11.3 Å². The molecule has 2 rings (SSSR count). The van der Waals surface area contributed by atoms with Crippen molar-refractivity contribution in [2.45, 2.75) is 13.5 Å². The van der Waals surface area contributed by atoms with E-state index in [0.29, 0.717) is 6.54 Å². The van der Waals surface area contributed by atoms with Gasteiger partial charge in [-0.3, -0.25) is 4.79 Å². The number of aromatic nitrogens is 1. The van der Waals surface area contributed by atoms with Gasteiger partial charge in [-0.05, 0) is 18.6 Å². The second kappa shape index (κ2) is 3.22. The maximum Gasteiger partial charge on any atom is 0.251 e. The molecule has 2 aromatic rings. The van der Waals surface area contributed by atoms with Gasteiger partial charge in [-0.15, -0.1) is 11.3 Å². The van der Waals surface area contributed by atoms with Gasteiger partial charge in [-0.2, -0.15) is 0 Å². The lowest BCUT2D eigenvalue weighted by Gasteiger charge is -2.03. The first-order valence-corrected chi connectivity index (χ1v) is 5.24. The van der Waals surface area contributed by atoms with Crippen LogP contribution in [-0.4, -0.2) is 4.57 Å². The maximum atomic E-state index is 11.5. The number of hydrogen-bond acceptors (Lipinski definition) is 3. The van der Waals surface area contributed by atoms with Crippen LogP contribution in [0, 0.1) is 6.92 Å². The van der Waals surface area contributed by atoms with Crippen molar-refractivity contribution < 1.29 is 0 Å². The number of aryl methyl sites for hydroxylation is 2. The van der Waals surface area contributed by atoms with Gasteiger partial charge in [0.15, 0.2) is 0 Å². The van der Waals surface area contributed by atoms with Crippen LogP contribution in [0.25, 0.3) is 10.2 Å². The lowest BCUT2D eigenvalue weighted by Crippen LogP contribution is -2.17. The Kier molecular flexibility index (Phi) is 2.17. The normalized spacial score (nSPS) is 11.1. The highest BCUT2D eigenvalue weighted by atomic mass is 32.1. The van der Waals surface area contributed by atoms with Crippen molar-refractivity contribution in [2.24, 2.45) is 12.8 Å². The molecule has 0 unspecified atom stereocenters. The molecule has 0 aromatic carbocycles. The summed E-state index contributed by atoms with van der Waals surface area (Å²) in [6, 6.07) is 3.65. The van der Waals surface area contributed by atoms with Crippen molar-refractivity contribution in [3.05, 3.63) is 32.9 Å². The Morgan fingerprint density at radius 2 is 2.21 bits per heavy atom. The molecule has 3 nitrogen and oxygen atoms in total. The van der Waals surface area contributed by atoms with Crippen LogP contribution in [0.4, 0.5) is 0 Å². The summed E-state index contributed by atoms with van der Waals surface area (Å²) in [5.41, 5.74) is 7.54. The Balaban J connectivity index is 2.96. The fourth-order valence-corrected chi connectivity index (χ4v) is 2.63. The molecule has 0 bridgehead atoms. The molecule has 0 aliphatic heterocycles. The number of fused-ring (bicyclic) bond motifs is 1. The third-order valence-corrected chi connectivity index (χ3v) is 3.45. The Bertz CT molecular complexity index is 539. The number of pyridine rings is 1. The first-order valence-electron chi connectivity index (χ1n) is 4.42. The second-order valence-corrected chi connectivity index (χ2v) is 4.60. The van der Waals surface area contributed by atoms with Gasteiger partial charge in [-0.1, -0.05) is 0 Å². The van der Waals surface area contributed by atoms with Gasteiger partial charge >= 0.3 is 0 Å². The summed E-state index contributed by atoms with van der Waals surface area (Å²) in [5, 5.41) is 0. The van der Waals surface area contributed by atoms with Gasteiger partial charge in [0.25, 0.3) is 5.56 Å². The monoisotopic (exact) mass is 208 g/mol. The van der Waals surface area contributed by atoms with Gasteiger partial charge < -0.3 is 10.3 Å². The largest absolute Gasteiger partial charge is 0.326 e. The van der Waals surface area contributed by atoms with Crippen LogP contribution in [0.15, 0.2) is 16.9 Å². The average molecular weight is 208 g/mol. The molecule has 0 atom stereocenters. The molecule has 4 heteroatoms. The summed E-state index contributed by atoms with van der Waals surface area (Å²) in [6.45, 7) is 2.46. The Morgan fingerprint density at radius 1 is 1.50 bits per heavy atom. The minimum atomic E-state index is 0.00995. The molecule has 0 aliphatic carbocycles. The van der Waals surface area contributed by atoms with E-state index >= 15 is 0 Å². The van der Waals surface area contributed by atoms with Crippen LogP contribution in [0.1, 0.15) is 10.4 Å². The van der Waals surface area contributed by atoms with E-state index in [0.717, 1.165) is 15.8 Å². The fraction of sp³-hybridized carbons (Fsp3) is 0.300. The SMILES string of the molecule is Cc1cc2c(s1)c(CN)cc(=O)n2C. The number of hydrogen-bond donors (Lipinski definition) is 1. The molecule has 2 aromatic heterocycles. The third-order valence-electron chi connectivity index (χ3n) is 2.34. The highest BCUT2D eigenvalue weighted by Crippen LogP contribution is 2.26. The third kappa shape index (κ3) is 1.27. The molecule has 74 valence electrons. The van der Waals surface area contributed by atoms with Crippen molar-refractivity contribution in [3.8, 4) is 0 Å². The van der Waals surface area contributed by atoms with Gasteiger partial charge in [0.05, 0.1) is 10.2 Å². The van der Waals surface area contributed by atoms with E-state index in [9.17, 15) is 4.79 Å². The van der Waals surface area contributed by atoms with Crippen molar-refractivity contribution in [2.75, 3.05) is 0 Å². The number of thiophene rings is 1. The molecule has 2 heterocycles. The minimum absolute atomic E-state index is 0.00995. The fourth-order valence-electron chi connectivity index (χ4n) is 1.56. The number of rotatable bonds is 1. The van der Waals surface area contributed by atoms with Gasteiger partial charge in [0.1, 0.15) is 0 Å². The first-order chi connectivity index (χ1) is 6.63. The second-order valence-electron chi connectivity index (χ2n) is 3.34. The zero-order valence-electron chi connectivity index (χ0n) is 8.20. The van der Waals surface area contributed by atoms with E-state index in [1.165, 1.54) is 4.88 Å². The molecule has 0 radical (unpaired) electrons. The summed E-state index contributed by atoms with van der Waals surface area (Å²) >= 11 is 1.69. The number of nitrogens with zero attached hydrogens (tertiary/aromatic N) is 1.